The Morgan fingerprint density at radius 1 is 1.24 bits per heavy atom. The van der Waals surface area contributed by atoms with Crippen molar-refractivity contribution in [1.29, 1.82) is 0 Å². The van der Waals surface area contributed by atoms with Crippen molar-refractivity contribution in [2.24, 2.45) is 10.1 Å². The van der Waals surface area contributed by atoms with E-state index < -0.39 is 20.9 Å². The number of aromatic nitrogens is 1. The number of amides is 1. The molecule has 1 aromatic heterocycles. The molecule has 0 radical (unpaired) electrons. The normalized spacial score (nSPS) is 12.2. The van der Waals surface area contributed by atoms with Crippen LogP contribution in [0.25, 0.3) is 5.69 Å². The Labute approximate surface area is 173 Å². The van der Waals surface area contributed by atoms with Crippen molar-refractivity contribution in [1.82, 2.24) is 4.57 Å². The topological polar surface area (TPSA) is 138 Å². The van der Waals surface area contributed by atoms with E-state index in [-0.39, 0.29) is 21.2 Å². The van der Waals surface area contributed by atoms with Crippen LogP contribution in [-0.2, 0) is 10.0 Å². The third-order valence-electron chi connectivity index (χ3n) is 3.89. The van der Waals surface area contributed by atoms with Crippen LogP contribution in [0, 0.1) is 17.0 Å². The summed E-state index contributed by atoms with van der Waals surface area (Å²) >= 11 is 7.20. The Morgan fingerprint density at radius 2 is 1.90 bits per heavy atom. The number of primary sulfonamides is 1. The van der Waals surface area contributed by atoms with Crippen LogP contribution in [0.1, 0.15) is 16.1 Å². The second-order valence-corrected chi connectivity index (χ2v) is 8.68. The number of nitrogens with two attached hydrogens (primary N) is 1. The molecule has 9 nitrogen and oxygen atoms in total. The summed E-state index contributed by atoms with van der Waals surface area (Å²) in [6, 6.07) is 9.31. The predicted molar refractivity (Wildman–Crippen MR) is 108 cm³/mol. The lowest BCUT2D eigenvalue weighted by atomic mass is 10.2. The van der Waals surface area contributed by atoms with Crippen molar-refractivity contribution in [2.45, 2.75) is 11.8 Å². The van der Waals surface area contributed by atoms with Crippen molar-refractivity contribution >= 4 is 44.6 Å². The monoisotopic (exact) mass is 452 g/mol. The average Bonchev–Trinajstić information content (AvgIpc) is 3.01. The number of non-ortho nitro benzene ring substituents is 1. The summed E-state index contributed by atoms with van der Waals surface area (Å²) in [6.07, 6.45) is 0. The van der Waals surface area contributed by atoms with Crippen LogP contribution in [0.2, 0.25) is 5.02 Å². The molecule has 0 aliphatic carbocycles. The van der Waals surface area contributed by atoms with Gasteiger partial charge in [-0.15, -0.1) is 11.3 Å². The molecule has 0 atom stereocenters. The maximum Gasteiger partial charge on any atom is 0.281 e. The number of halogens is 1. The van der Waals surface area contributed by atoms with Gasteiger partial charge in [0, 0.05) is 28.9 Å². The van der Waals surface area contributed by atoms with Crippen LogP contribution in [-0.4, -0.2) is 23.8 Å². The number of hydrogen-bond acceptors (Lipinski definition) is 6. The minimum atomic E-state index is -3.82. The van der Waals surface area contributed by atoms with Gasteiger partial charge >= 0.3 is 0 Å². The molecular weight excluding hydrogens is 440 g/mol. The molecular formula is C17H13ClN4O5S2. The Kier molecular flexibility index (Phi) is 5.66. The largest absolute Gasteiger partial charge is 0.290 e. The van der Waals surface area contributed by atoms with Gasteiger partial charge in [-0.2, -0.15) is 4.99 Å². The number of sulfonamides is 1. The zero-order valence-corrected chi connectivity index (χ0v) is 17.2. The zero-order valence-electron chi connectivity index (χ0n) is 14.8. The Bertz CT molecular complexity index is 1290. The van der Waals surface area contributed by atoms with E-state index in [0.717, 1.165) is 11.8 Å². The number of hydrogen-bond donors (Lipinski definition) is 1. The fourth-order valence-corrected chi connectivity index (χ4v) is 4.15. The lowest BCUT2D eigenvalue weighted by molar-refractivity contribution is -0.384. The molecule has 0 aliphatic rings. The molecule has 0 fully saturated rings. The van der Waals surface area contributed by atoms with E-state index in [1.165, 1.54) is 35.6 Å². The van der Waals surface area contributed by atoms with Crippen LogP contribution in [0.5, 0.6) is 0 Å². The number of aryl methyl sites for hydroxylation is 1. The Balaban J connectivity index is 2.04. The first-order valence-electron chi connectivity index (χ1n) is 7.91. The number of rotatable bonds is 4. The molecule has 1 heterocycles. The van der Waals surface area contributed by atoms with Crippen LogP contribution in [0.15, 0.2) is 57.7 Å². The SMILES string of the molecule is Cc1csc(=NC(=O)c2ccc([N+](=O)[O-])cc2Cl)n1-c1ccc(S(N)(=O)=O)cc1. The molecule has 0 saturated carbocycles. The molecule has 29 heavy (non-hydrogen) atoms. The van der Waals surface area contributed by atoms with Gasteiger partial charge in [-0.05, 0) is 37.3 Å². The molecule has 3 rings (SSSR count). The second kappa shape index (κ2) is 7.87. The van der Waals surface area contributed by atoms with Crippen molar-refractivity contribution in [3.8, 4) is 5.69 Å². The van der Waals surface area contributed by atoms with Gasteiger partial charge in [-0.3, -0.25) is 19.5 Å². The zero-order chi connectivity index (χ0) is 21.3. The summed E-state index contributed by atoms with van der Waals surface area (Å²) in [5.74, 6) is -0.665. The van der Waals surface area contributed by atoms with Gasteiger partial charge < -0.3 is 0 Å². The molecule has 3 aromatic rings. The molecule has 1 amide bonds. The molecule has 150 valence electrons. The number of nitro benzene ring substituents is 1. The van der Waals surface area contributed by atoms with Gasteiger partial charge in [-0.25, -0.2) is 13.6 Å². The number of nitrogens with zero attached hydrogens (tertiary/aromatic N) is 3. The number of nitro groups is 1. The van der Waals surface area contributed by atoms with Gasteiger partial charge in [0.15, 0.2) is 4.80 Å². The first kappa shape index (κ1) is 20.9. The Hall–Kier alpha value is -2.86. The van der Waals surface area contributed by atoms with Crippen LogP contribution >= 0.6 is 22.9 Å². The van der Waals surface area contributed by atoms with Crippen molar-refractivity contribution < 1.29 is 18.1 Å². The molecule has 2 N–H and O–H groups in total. The Morgan fingerprint density at radius 3 is 2.45 bits per heavy atom. The van der Waals surface area contributed by atoms with Gasteiger partial charge in [-0.1, -0.05) is 11.6 Å². The van der Waals surface area contributed by atoms with Crippen molar-refractivity contribution in [3.63, 3.8) is 0 Å². The van der Waals surface area contributed by atoms with Gasteiger partial charge in [0.05, 0.1) is 20.4 Å². The number of thiazole rings is 1. The van der Waals surface area contributed by atoms with Gasteiger partial charge in [0.2, 0.25) is 10.0 Å². The third kappa shape index (κ3) is 4.43. The van der Waals surface area contributed by atoms with Crippen molar-refractivity contribution in [3.05, 3.63) is 79.0 Å². The smallest absolute Gasteiger partial charge is 0.281 e. The highest BCUT2D eigenvalue weighted by atomic mass is 35.5. The van der Waals surface area contributed by atoms with E-state index in [0.29, 0.717) is 10.5 Å². The summed E-state index contributed by atoms with van der Waals surface area (Å²) < 4.78 is 24.5. The highest BCUT2D eigenvalue weighted by Crippen LogP contribution is 2.23. The number of carbonyl (C=O) groups is 1. The van der Waals surface area contributed by atoms with Crippen LogP contribution < -0.4 is 9.94 Å². The number of benzene rings is 2. The quantitative estimate of drug-likeness (QED) is 0.479. The van der Waals surface area contributed by atoms with Gasteiger partial charge in [0.1, 0.15) is 0 Å². The van der Waals surface area contributed by atoms with E-state index in [1.54, 1.807) is 29.0 Å². The van der Waals surface area contributed by atoms with Gasteiger partial charge in [0.25, 0.3) is 11.6 Å². The highest BCUT2D eigenvalue weighted by molar-refractivity contribution is 7.89. The molecule has 0 unspecified atom stereocenters. The number of carbonyl (C=O) groups excluding carboxylic acids is 1. The van der Waals surface area contributed by atoms with Crippen LogP contribution in [0.3, 0.4) is 0 Å². The van der Waals surface area contributed by atoms with E-state index in [1.807, 2.05) is 0 Å². The second-order valence-electron chi connectivity index (χ2n) is 5.87. The molecule has 0 spiro atoms. The van der Waals surface area contributed by atoms with Crippen molar-refractivity contribution in [2.75, 3.05) is 0 Å². The summed E-state index contributed by atoms with van der Waals surface area (Å²) in [7, 11) is -3.82. The molecule has 0 bridgehead atoms. The lowest BCUT2D eigenvalue weighted by Crippen LogP contribution is -2.17. The standard InChI is InChI=1S/C17H13ClN4O5S2/c1-10-9-28-17(21(10)11-2-5-13(6-3-11)29(19,26)27)20-16(23)14-7-4-12(22(24)25)8-15(14)18/h2-9H,1H3,(H2,19,26,27). The fourth-order valence-electron chi connectivity index (χ4n) is 2.51. The van der Waals surface area contributed by atoms with E-state index in [9.17, 15) is 23.3 Å². The predicted octanol–water partition coefficient (Wildman–Crippen LogP) is 2.80. The molecule has 0 aliphatic heterocycles. The summed E-state index contributed by atoms with van der Waals surface area (Å²) in [5.41, 5.74) is 1.14. The summed E-state index contributed by atoms with van der Waals surface area (Å²) in [5, 5.41) is 17.6. The lowest BCUT2D eigenvalue weighted by Gasteiger charge is -2.07. The molecule has 12 heteroatoms. The maximum absolute atomic E-state index is 12.6. The van der Waals surface area contributed by atoms with E-state index in [4.69, 9.17) is 16.7 Å². The first-order valence-corrected chi connectivity index (χ1v) is 10.7. The maximum atomic E-state index is 12.6. The van der Waals surface area contributed by atoms with E-state index in [2.05, 4.69) is 4.99 Å². The van der Waals surface area contributed by atoms with Crippen LogP contribution in [0.4, 0.5) is 5.69 Å². The first-order chi connectivity index (χ1) is 13.6. The minimum absolute atomic E-state index is 0.0273. The molecule has 2 aromatic carbocycles. The minimum Gasteiger partial charge on any atom is -0.290 e. The van der Waals surface area contributed by atoms with E-state index >= 15 is 0 Å². The molecule has 0 saturated heterocycles. The fraction of sp³-hybridized carbons (Fsp3) is 0.0588. The highest BCUT2D eigenvalue weighted by Gasteiger charge is 2.16. The summed E-state index contributed by atoms with van der Waals surface area (Å²) in [4.78, 5) is 27.1. The average molecular weight is 453 g/mol. The summed E-state index contributed by atoms with van der Waals surface area (Å²) in [6.45, 7) is 1.80. The third-order valence-corrected chi connectivity index (χ3v) is 6.08.